The van der Waals surface area contributed by atoms with Crippen LogP contribution in [0.25, 0.3) is 22.6 Å². The normalized spacial score (nSPS) is 19.2. The van der Waals surface area contributed by atoms with Crippen LogP contribution in [0.2, 0.25) is 0 Å². The maximum Gasteiger partial charge on any atom is 0.328 e. The largest absolute Gasteiger partial charge is 0.328 e. The third-order valence-corrected chi connectivity index (χ3v) is 7.29. The van der Waals surface area contributed by atoms with Crippen molar-refractivity contribution >= 4 is 5.78 Å². The molecule has 5 rings (SSSR count). The molecule has 1 aromatic carbocycles. The van der Waals surface area contributed by atoms with Gasteiger partial charge in [-0.05, 0) is 48.9 Å². The zero-order chi connectivity index (χ0) is 25.2. The Labute approximate surface area is 209 Å². The van der Waals surface area contributed by atoms with Crippen molar-refractivity contribution in [1.82, 2.24) is 34.7 Å². The van der Waals surface area contributed by atoms with E-state index in [9.17, 15) is 9.59 Å². The number of ketones is 1. The molecule has 0 aliphatic heterocycles. The highest BCUT2D eigenvalue weighted by molar-refractivity contribution is 5.80. The number of carbonyl (C=O) groups is 1. The van der Waals surface area contributed by atoms with E-state index >= 15 is 0 Å². The Balaban J connectivity index is 1.44. The summed E-state index contributed by atoms with van der Waals surface area (Å²) in [4.78, 5) is 30.4. The molecular formula is C27H31N7O2. The number of hydrogen-bond donors (Lipinski definition) is 1. The number of aromatic nitrogens is 7. The molecule has 0 spiro atoms. The van der Waals surface area contributed by atoms with Gasteiger partial charge in [0.05, 0.1) is 18.3 Å². The van der Waals surface area contributed by atoms with E-state index in [-0.39, 0.29) is 23.4 Å². The second kappa shape index (κ2) is 10.0. The van der Waals surface area contributed by atoms with Gasteiger partial charge in [-0.3, -0.25) is 18.9 Å². The number of benzene rings is 1. The van der Waals surface area contributed by atoms with E-state index in [1.165, 1.54) is 0 Å². The minimum absolute atomic E-state index is 0.0459. The van der Waals surface area contributed by atoms with Crippen molar-refractivity contribution < 1.29 is 4.79 Å². The summed E-state index contributed by atoms with van der Waals surface area (Å²) in [5.41, 5.74) is 4.45. The SMILES string of the molecule is CCCCc1cn(C2C(C)CC2C(C)=O)c(=O)n1Cc1ccc(-c2ccccc2-c2nn[nH]n2)nc1. The van der Waals surface area contributed by atoms with Crippen molar-refractivity contribution in [2.75, 3.05) is 0 Å². The maximum atomic E-state index is 13.5. The van der Waals surface area contributed by atoms with E-state index < -0.39 is 0 Å². The minimum atomic E-state index is -0.0761. The number of rotatable bonds is 9. The van der Waals surface area contributed by atoms with Gasteiger partial charge in [0, 0.05) is 35.1 Å². The van der Waals surface area contributed by atoms with Gasteiger partial charge in [0.2, 0.25) is 5.82 Å². The van der Waals surface area contributed by atoms with Gasteiger partial charge in [0.1, 0.15) is 5.78 Å². The molecule has 9 heteroatoms. The molecule has 4 aromatic rings. The first kappa shape index (κ1) is 23.8. The first-order valence-electron chi connectivity index (χ1n) is 12.6. The molecule has 3 atom stereocenters. The molecule has 186 valence electrons. The molecule has 0 saturated heterocycles. The lowest BCUT2D eigenvalue weighted by atomic mass is 9.69. The quantitative estimate of drug-likeness (QED) is 0.383. The second-order valence-corrected chi connectivity index (χ2v) is 9.75. The number of aryl methyl sites for hydroxylation is 1. The molecule has 1 aliphatic carbocycles. The minimum Gasteiger partial charge on any atom is -0.300 e. The fraction of sp³-hybridized carbons (Fsp3) is 0.407. The number of imidazole rings is 1. The zero-order valence-corrected chi connectivity index (χ0v) is 20.9. The van der Waals surface area contributed by atoms with Crippen LogP contribution < -0.4 is 5.69 Å². The van der Waals surface area contributed by atoms with Gasteiger partial charge in [-0.25, -0.2) is 4.79 Å². The van der Waals surface area contributed by atoms with Crippen molar-refractivity contribution in [2.45, 2.75) is 59.0 Å². The van der Waals surface area contributed by atoms with E-state index in [1.807, 2.05) is 57.9 Å². The van der Waals surface area contributed by atoms with Gasteiger partial charge in [-0.15, -0.1) is 10.2 Å². The summed E-state index contributed by atoms with van der Waals surface area (Å²) in [6.45, 7) is 6.34. The zero-order valence-electron chi connectivity index (χ0n) is 20.9. The lowest BCUT2D eigenvalue weighted by Gasteiger charge is -2.41. The molecule has 1 aliphatic rings. The number of nitrogens with zero attached hydrogens (tertiary/aromatic N) is 6. The van der Waals surface area contributed by atoms with Crippen molar-refractivity contribution in [3.63, 3.8) is 0 Å². The lowest BCUT2D eigenvalue weighted by molar-refractivity contribution is -0.127. The summed E-state index contributed by atoms with van der Waals surface area (Å²) >= 11 is 0. The smallest absolute Gasteiger partial charge is 0.300 e. The Morgan fingerprint density at radius 3 is 2.61 bits per heavy atom. The van der Waals surface area contributed by atoms with Crippen LogP contribution in [-0.2, 0) is 17.8 Å². The Morgan fingerprint density at radius 1 is 1.17 bits per heavy atom. The topological polar surface area (TPSA) is 111 Å². The number of hydrogen-bond acceptors (Lipinski definition) is 6. The highest BCUT2D eigenvalue weighted by Gasteiger charge is 2.43. The number of unbranched alkanes of at least 4 members (excludes halogenated alkanes) is 1. The van der Waals surface area contributed by atoms with Crippen LogP contribution in [0.4, 0.5) is 0 Å². The third kappa shape index (κ3) is 4.41. The summed E-state index contributed by atoms with van der Waals surface area (Å²) in [5, 5.41) is 14.4. The number of nitrogens with one attached hydrogen (secondary N) is 1. The fourth-order valence-electron chi connectivity index (χ4n) is 5.28. The van der Waals surface area contributed by atoms with E-state index in [4.69, 9.17) is 4.98 Å². The molecule has 3 heterocycles. The first-order chi connectivity index (χ1) is 17.5. The summed E-state index contributed by atoms with van der Waals surface area (Å²) in [6, 6.07) is 11.7. The molecule has 0 amide bonds. The molecular weight excluding hydrogens is 454 g/mol. The van der Waals surface area contributed by atoms with Gasteiger partial charge in [-0.2, -0.15) is 5.21 Å². The molecule has 36 heavy (non-hydrogen) atoms. The van der Waals surface area contributed by atoms with Crippen molar-refractivity contribution in [2.24, 2.45) is 11.8 Å². The number of Topliss-reactive ketones (excluding diaryl/α,β-unsaturated/α-hetero) is 1. The highest BCUT2D eigenvalue weighted by Crippen LogP contribution is 2.44. The summed E-state index contributed by atoms with van der Waals surface area (Å²) in [5.74, 6) is 0.910. The van der Waals surface area contributed by atoms with Crippen LogP contribution >= 0.6 is 0 Å². The van der Waals surface area contributed by atoms with Gasteiger partial charge >= 0.3 is 5.69 Å². The predicted octanol–water partition coefficient (Wildman–Crippen LogP) is 4.07. The maximum absolute atomic E-state index is 13.5. The Kier molecular flexibility index (Phi) is 6.63. The van der Waals surface area contributed by atoms with Crippen LogP contribution in [0.1, 0.15) is 57.3 Å². The Morgan fingerprint density at radius 2 is 1.97 bits per heavy atom. The van der Waals surface area contributed by atoms with Gasteiger partial charge in [0.15, 0.2) is 0 Å². The molecule has 1 fully saturated rings. The summed E-state index contributed by atoms with van der Waals surface area (Å²) in [6.07, 6.45) is 7.53. The predicted molar refractivity (Wildman–Crippen MR) is 136 cm³/mol. The molecule has 0 bridgehead atoms. The monoisotopic (exact) mass is 485 g/mol. The Hall–Kier alpha value is -3.88. The van der Waals surface area contributed by atoms with Gasteiger partial charge < -0.3 is 0 Å². The number of tetrazole rings is 1. The van der Waals surface area contributed by atoms with Crippen molar-refractivity contribution in [1.29, 1.82) is 0 Å². The molecule has 3 aromatic heterocycles. The summed E-state index contributed by atoms with van der Waals surface area (Å²) < 4.78 is 3.66. The first-order valence-corrected chi connectivity index (χ1v) is 12.6. The third-order valence-electron chi connectivity index (χ3n) is 7.29. The molecule has 3 unspecified atom stereocenters. The van der Waals surface area contributed by atoms with E-state index in [0.717, 1.165) is 53.8 Å². The second-order valence-electron chi connectivity index (χ2n) is 9.75. The number of carbonyl (C=O) groups excluding carboxylic acids is 1. The van der Waals surface area contributed by atoms with E-state index in [0.29, 0.717) is 18.3 Å². The van der Waals surface area contributed by atoms with Crippen LogP contribution in [0.3, 0.4) is 0 Å². The molecule has 9 nitrogen and oxygen atoms in total. The standard InChI is InChI=1S/C27H31N7O2/c1-4-5-8-20-16-34(25-17(2)13-23(25)18(3)35)27(36)33(20)15-19-11-12-24(28-14-19)21-9-6-7-10-22(21)26-29-31-32-30-26/h6-7,9-12,14,16-17,23,25H,4-5,8,13,15H2,1-3H3,(H,29,30,31,32). The van der Waals surface area contributed by atoms with Crippen LogP contribution in [-0.4, -0.2) is 40.5 Å². The summed E-state index contributed by atoms with van der Waals surface area (Å²) in [7, 11) is 0. The average Bonchev–Trinajstić information content (AvgIpc) is 3.51. The van der Waals surface area contributed by atoms with Crippen molar-refractivity contribution in [3.05, 3.63) is 70.5 Å². The lowest BCUT2D eigenvalue weighted by Crippen LogP contribution is -2.44. The van der Waals surface area contributed by atoms with Crippen molar-refractivity contribution in [3.8, 4) is 22.6 Å². The molecule has 1 saturated carbocycles. The van der Waals surface area contributed by atoms with Crippen LogP contribution in [0.5, 0.6) is 0 Å². The molecule has 1 N–H and O–H groups in total. The fourth-order valence-corrected chi connectivity index (χ4v) is 5.28. The van der Waals surface area contributed by atoms with Crippen LogP contribution in [0, 0.1) is 11.8 Å². The number of H-pyrrole nitrogens is 1. The highest BCUT2D eigenvalue weighted by atomic mass is 16.2. The number of pyridine rings is 1. The van der Waals surface area contributed by atoms with E-state index in [2.05, 4.69) is 34.5 Å². The average molecular weight is 486 g/mol. The van der Waals surface area contributed by atoms with Crippen LogP contribution in [0.15, 0.2) is 53.6 Å². The Bertz CT molecular complexity index is 1400. The van der Waals surface area contributed by atoms with Gasteiger partial charge in [0.25, 0.3) is 0 Å². The van der Waals surface area contributed by atoms with Gasteiger partial charge in [-0.1, -0.05) is 50.6 Å². The van der Waals surface area contributed by atoms with E-state index in [1.54, 1.807) is 6.92 Å². The molecule has 0 radical (unpaired) electrons. The number of aromatic amines is 1.